The van der Waals surface area contributed by atoms with Gasteiger partial charge in [0.15, 0.2) is 0 Å². The van der Waals surface area contributed by atoms with Crippen molar-refractivity contribution in [2.45, 2.75) is 70.9 Å². The number of carbonyl (C=O) groups is 2. The standard InChI is InChI=1S/C39H44FN3O4/c1-5-43(6-2)32-17-33-31(34(37(45)41-4)35(47-33)26-10-12-29(40)13-11-26)16-30(32)27-8-7-9-28(15-27)36(44)42-23(3)38-18-24-14-25(19-38)21-39(46,20-24)22-38/h7-13,15-17,23-25,46H,5-6,14,18-22H2,1-4H3,(H,41,45)(H,42,44)/t23?,24-,25+,38+,39-. The predicted molar refractivity (Wildman–Crippen MR) is 183 cm³/mol. The summed E-state index contributed by atoms with van der Waals surface area (Å²) in [6.07, 6.45) is 5.90. The maximum absolute atomic E-state index is 13.8. The Morgan fingerprint density at radius 2 is 1.68 bits per heavy atom. The molecule has 4 bridgehead atoms. The smallest absolute Gasteiger partial charge is 0.255 e. The molecular formula is C39H44FN3O4. The Bertz CT molecular complexity index is 1830. The highest BCUT2D eigenvalue weighted by atomic mass is 19.1. The number of nitrogens with one attached hydrogen (secondary N) is 2. The van der Waals surface area contributed by atoms with E-state index in [0.717, 1.165) is 62.0 Å². The van der Waals surface area contributed by atoms with Gasteiger partial charge in [-0.1, -0.05) is 12.1 Å². The molecular weight excluding hydrogens is 593 g/mol. The minimum Gasteiger partial charge on any atom is -0.455 e. The van der Waals surface area contributed by atoms with Crippen LogP contribution in [0.2, 0.25) is 0 Å². The molecule has 1 unspecified atom stereocenters. The number of amides is 2. The molecule has 3 aromatic carbocycles. The molecule has 0 aliphatic heterocycles. The van der Waals surface area contributed by atoms with Crippen LogP contribution in [0.1, 0.15) is 80.0 Å². The highest BCUT2D eigenvalue weighted by Crippen LogP contribution is 2.62. The Balaban J connectivity index is 1.27. The zero-order valence-electron chi connectivity index (χ0n) is 27.7. The monoisotopic (exact) mass is 637 g/mol. The third kappa shape index (κ3) is 5.50. The van der Waals surface area contributed by atoms with Gasteiger partial charge in [-0.05, 0) is 125 Å². The van der Waals surface area contributed by atoms with E-state index in [4.69, 9.17) is 4.42 Å². The van der Waals surface area contributed by atoms with E-state index < -0.39 is 5.60 Å². The molecule has 4 saturated carbocycles. The summed E-state index contributed by atoms with van der Waals surface area (Å²) >= 11 is 0. The van der Waals surface area contributed by atoms with Crippen LogP contribution in [0.15, 0.2) is 65.1 Å². The average Bonchev–Trinajstić information content (AvgIpc) is 3.42. The van der Waals surface area contributed by atoms with Gasteiger partial charge in [0, 0.05) is 60.0 Å². The second-order valence-corrected chi connectivity index (χ2v) is 14.3. The summed E-state index contributed by atoms with van der Waals surface area (Å²) in [5.74, 6) is 0.665. The molecule has 4 aromatic rings. The lowest BCUT2D eigenvalue weighted by molar-refractivity contribution is -0.171. The second kappa shape index (κ2) is 11.8. The zero-order chi connectivity index (χ0) is 33.1. The van der Waals surface area contributed by atoms with Crippen molar-refractivity contribution in [1.29, 1.82) is 0 Å². The van der Waals surface area contributed by atoms with Gasteiger partial charge < -0.3 is 25.1 Å². The van der Waals surface area contributed by atoms with Crippen LogP contribution in [0, 0.1) is 23.1 Å². The predicted octanol–water partition coefficient (Wildman–Crippen LogP) is 7.56. The number of rotatable bonds is 9. The summed E-state index contributed by atoms with van der Waals surface area (Å²) < 4.78 is 20.1. The normalized spacial score (nSPS) is 25.1. The Hall–Kier alpha value is -4.17. The molecule has 4 fully saturated rings. The molecule has 0 saturated heterocycles. The molecule has 2 amide bonds. The molecule has 4 aliphatic carbocycles. The van der Waals surface area contributed by atoms with E-state index in [-0.39, 0.29) is 29.1 Å². The fourth-order valence-electron chi connectivity index (χ4n) is 9.40. The van der Waals surface area contributed by atoms with Gasteiger partial charge in [0.2, 0.25) is 0 Å². The van der Waals surface area contributed by atoms with Crippen LogP contribution < -0.4 is 15.5 Å². The van der Waals surface area contributed by atoms with Gasteiger partial charge in [0.05, 0.1) is 11.2 Å². The lowest BCUT2D eigenvalue weighted by Crippen LogP contribution is -2.61. The van der Waals surface area contributed by atoms with Gasteiger partial charge in [-0.3, -0.25) is 9.59 Å². The molecule has 3 N–H and O–H groups in total. The lowest BCUT2D eigenvalue weighted by Gasteiger charge is -2.62. The van der Waals surface area contributed by atoms with Gasteiger partial charge in [-0.15, -0.1) is 0 Å². The number of carbonyl (C=O) groups excluding carboxylic acids is 2. The highest BCUT2D eigenvalue weighted by Gasteiger charge is 2.59. The molecule has 8 heteroatoms. The summed E-state index contributed by atoms with van der Waals surface area (Å²) in [6, 6.07) is 17.5. The van der Waals surface area contributed by atoms with Crippen molar-refractivity contribution >= 4 is 28.5 Å². The van der Waals surface area contributed by atoms with Crippen LogP contribution in [0.5, 0.6) is 0 Å². The number of benzene rings is 3. The highest BCUT2D eigenvalue weighted by molar-refractivity contribution is 6.13. The first-order valence-electron chi connectivity index (χ1n) is 17.0. The molecule has 7 nitrogen and oxygen atoms in total. The van der Waals surface area contributed by atoms with Crippen molar-refractivity contribution in [3.8, 4) is 22.5 Å². The van der Waals surface area contributed by atoms with Gasteiger partial charge in [0.25, 0.3) is 11.8 Å². The van der Waals surface area contributed by atoms with Crippen molar-refractivity contribution in [3.63, 3.8) is 0 Å². The Kier molecular flexibility index (Phi) is 7.90. The molecule has 47 heavy (non-hydrogen) atoms. The topological polar surface area (TPSA) is 94.8 Å². The molecule has 5 atom stereocenters. The third-order valence-electron chi connectivity index (χ3n) is 11.2. The Morgan fingerprint density at radius 3 is 2.32 bits per heavy atom. The molecule has 4 aliphatic rings. The molecule has 8 rings (SSSR count). The lowest BCUT2D eigenvalue weighted by atomic mass is 9.46. The van der Waals surface area contributed by atoms with E-state index in [1.165, 1.54) is 18.6 Å². The molecule has 246 valence electrons. The number of hydrogen-bond acceptors (Lipinski definition) is 5. The van der Waals surface area contributed by atoms with Crippen LogP contribution in [-0.2, 0) is 0 Å². The van der Waals surface area contributed by atoms with E-state index in [0.29, 0.717) is 45.3 Å². The fraction of sp³-hybridized carbons (Fsp3) is 0.436. The van der Waals surface area contributed by atoms with Gasteiger partial charge in [-0.2, -0.15) is 0 Å². The first-order chi connectivity index (χ1) is 22.5. The van der Waals surface area contributed by atoms with Crippen molar-refractivity contribution in [3.05, 3.63) is 77.6 Å². The summed E-state index contributed by atoms with van der Waals surface area (Å²) in [5.41, 5.74) is 4.11. The number of nitrogens with zero attached hydrogens (tertiary/aromatic N) is 1. The Labute approximate surface area is 275 Å². The number of hydrogen-bond donors (Lipinski definition) is 3. The quantitative estimate of drug-likeness (QED) is 0.176. The van der Waals surface area contributed by atoms with E-state index in [2.05, 4.69) is 36.3 Å². The molecule has 1 aromatic heterocycles. The SMILES string of the molecule is CCN(CC)c1cc2oc(-c3ccc(F)cc3)c(C(=O)NC)c2cc1-c1cccc(C(=O)NC(C)[C@@]23C[C@@H]4C[C@@H](C[C@@](O)(C4)C2)C3)c1. The summed E-state index contributed by atoms with van der Waals surface area (Å²) in [4.78, 5) is 29.4. The number of fused-ring (bicyclic) bond motifs is 1. The number of anilines is 1. The fourth-order valence-corrected chi connectivity index (χ4v) is 9.40. The van der Waals surface area contributed by atoms with Gasteiger partial charge >= 0.3 is 0 Å². The van der Waals surface area contributed by atoms with Gasteiger partial charge in [0.1, 0.15) is 17.2 Å². The van der Waals surface area contributed by atoms with Gasteiger partial charge in [-0.25, -0.2) is 4.39 Å². The van der Waals surface area contributed by atoms with E-state index >= 15 is 0 Å². The minimum atomic E-state index is -0.584. The van der Waals surface area contributed by atoms with E-state index in [1.54, 1.807) is 19.2 Å². The largest absolute Gasteiger partial charge is 0.455 e. The second-order valence-electron chi connectivity index (χ2n) is 14.3. The van der Waals surface area contributed by atoms with Crippen LogP contribution >= 0.6 is 0 Å². The first kappa shape index (κ1) is 31.4. The van der Waals surface area contributed by atoms with Crippen LogP contribution in [0.3, 0.4) is 0 Å². The van der Waals surface area contributed by atoms with Crippen molar-refractivity contribution < 1.29 is 23.5 Å². The molecule has 1 heterocycles. The van der Waals surface area contributed by atoms with Crippen molar-refractivity contribution in [2.24, 2.45) is 17.3 Å². The number of aliphatic hydroxyl groups is 1. The number of furan rings is 1. The number of halogens is 1. The van der Waals surface area contributed by atoms with Crippen molar-refractivity contribution in [1.82, 2.24) is 10.6 Å². The van der Waals surface area contributed by atoms with Crippen LogP contribution in [0.25, 0.3) is 33.4 Å². The van der Waals surface area contributed by atoms with Crippen molar-refractivity contribution in [2.75, 3.05) is 25.0 Å². The summed E-state index contributed by atoms with van der Waals surface area (Å²) in [6.45, 7) is 7.79. The molecule has 0 radical (unpaired) electrons. The summed E-state index contributed by atoms with van der Waals surface area (Å²) in [5, 5.41) is 18.0. The maximum Gasteiger partial charge on any atom is 0.255 e. The zero-order valence-corrected chi connectivity index (χ0v) is 27.7. The third-order valence-corrected chi connectivity index (χ3v) is 11.2. The van der Waals surface area contributed by atoms with Crippen LogP contribution in [0.4, 0.5) is 10.1 Å². The maximum atomic E-state index is 13.8. The Morgan fingerprint density at radius 1 is 0.979 bits per heavy atom. The van der Waals surface area contributed by atoms with Crippen LogP contribution in [-0.4, -0.2) is 48.7 Å². The average molecular weight is 638 g/mol. The minimum absolute atomic E-state index is 0.0513. The van der Waals surface area contributed by atoms with E-state index in [1.807, 2.05) is 36.4 Å². The first-order valence-corrected chi connectivity index (χ1v) is 17.0. The van der Waals surface area contributed by atoms with E-state index in [9.17, 15) is 19.1 Å². The molecule has 0 spiro atoms. The summed E-state index contributed by atoms with van der Waals surface area (Å²) in [7, 11) is 1.58.